The van der Waals surface area contributed by atoms with Crippen molar-refractivity contribution in [3.05, 3.63) is 54.1 Å². The van der Waals surface area contributed by atoms with Crippen molar-refractivity contribution in [3.63, 3.8) is 0 Å². The van der Waals surface area contributed by atoms with Gasteiger partial charge < -0.3 is 10.2 Å². The zero-order valence-electron chi connectivity index (χ0n) is 15.5. The monoisotopic (exact) mass is 372 g/mol. The number of benzene rings is 1. The van der Waals surface area contributed by atoms with Crippen LogP contribution >= 0.6 is 0 Å². The molecule has 6 nitrogen and oxygen atoms in total. The van der Waals surface area contributed by atoms with E-state index in [0.717, 1.165) is 19.4 Å². The third kappa shape index (κ3) is 5.15. The van der Waals surface area contributed by atoms with Crippen molar-refractivity contribution in [1.29, 1.82) is 0 Å². The number of rotatable bonds is 6. The summed E-state index contributed by atoms with van der Waals surface area (Å²) in [7, 11) is 0. The second-order valence-corrected chi connectivity index (χ2v) is 7.18. The largest absolute Gasteiger partial charge is 0.355 e. The zero-order chi connectivity index (χ0) is 19.2. The summed E-state index contributed by atoms with van der Waals surface area (Å²) in [5, 5.41) is 7.18. The molecule has 3 rings (SSSR count). The highest BCUT2D eigenvalue weighted by molar-refractivity contribution is 5.94. The van der Waals surface area contributed by atoms with E-state index in [-0.39, 0.29) is 29.5 Å². The van der Waals surface area contributed by atoms with E-state index in [0.29, 0.717) is 25.2 Å². The number of halogens is 1. The van der Waals surface area contributed by atoms with E-state index in [1.54, 1.807) is 11.1 Å². The van der Waals surface area contributed by atoms with E-state index in [1.165, 1.54) is 24.3 Å². The summed E-state index contributed by atoms with van der Waals surface area (Å²) in [5.41, 5.74) is 0.449. The molecular formula is C20H25FN4O2. The van der Waals surface area contributed by atoms with Gasteiger partial charge in [-0.25, -0.2) is 4.39 Å². The molecule has 2 atom stereocenters. The number of nitrogens with zero attached hydrogens (tertiary/aromatic N) is 3. The van der Waals surface area contributed by atoms with E-state index in [1.807, 2.05) is 16.9 Å². The molecule has 2 aromatic rings. The number of likely N-dealkylation sites (tertiary alicyclic amines) is 1. The molecule has 1 aliphatic rings. The van der Waals surface area contributed by atoms with Gasteiger partial charge in [0.05, 0.1) is 5.92 Å². The van der Waals surface area contributed by atoms with Gasteiger partial charge in [-0.05, 0) is 49.1 Å². The number of carbonyl (C=O) groups excluding carboxylic acids is 2. The molecule has 2 amide bonds. The Kier molecular flexibility index (Phi) is 6.21. The van der Waals surface area contributed by atoms with Crippen LogP contribution in [0.15, 0.2) is 42.7 Å². The van der Waals surface area contributed by atoms with Crippen LogP contribution in [0.4, 0.5) is 4.39 Å². The molecule has 2 heterocycles. The van der Waals surface area contributed by atoms with Crippen LogP contribution in [-0.4, -0.2) is 46.1 Å². The van der Waals surface area contributed by atoms with E-state index in [9.17, 15) is 14.0 Å². The normalized spacial score (nSPS) is 18.1. The fraction of sp³-hybridized carbons (Fsp3) is 0.450. The molecule has 1 N–H and O–H groups in total. The maximum atomic E-state index is 13.0. The second kappa shape index (κ2) is 8.79. The van der Waals surface area contributed by atoms with E-state index < -0.39 is 0 Å². The van der Waals surface area contributed by atoms with Crippen molar-refractivity contribution in [2.75, 3.05) is 19.6 Å². The van der Waals surface area contributed by atoms with Crippen LogP contribution in [0.25, 0.3) is 0 Å². The molecule has 1 aromatic carbocycles. The Morgan fingerprint density at radius 3 is 2.81 bits per heavy atom. The molecule has 1 saturated heterocycles. The van der Waals surface area contributed by atoms with Gasteiger partial charge in [-0.2, -0.15) is 5.10 Å². The van der Waals surface area contributed by atoms with Crippen molar-refractivity contribution < 1.29 is 14.0 Å². The molecule has 1 fully saturated rings. The van der Waals surface area contributed by atoms with Crippen molar-refractivity contribution in [2.45, 2.75) is 26.3 Å². The number of aromatic nitrogens is 2. The molecular weight excluding hydrogens is 347 g/mol. The summed E-state index contributed by atoms with van der Waals surface area (Å²) >= 11 is 0. The van der Waals surface area contributed by atoms with Gasteiger partial charge in [0.25, 0.3) is 5.91 Å². The van der Waals surface area contributed by atoms with Crippen molar-refractivity contribution in [2.24, 2.45) is 11.8 Å². The molecule has 0 aliphatic carbocycles. The number of hydrogen-bond donors (Lipinski definition) is 1. The average molecular weight is 372 g/mol. The van der Waals surface area contributed by atoms with Crippen LogP contribution in [0, 0.1) is 17.7 Å². The third-order valence-corrected chi connectivity index (χ3v) is 4.85. The maximum Gasteiger partial charge on any atom is 0.253 e. The number of amides is 2. The van der Waals surface area contributed by atoms with Crippen molar-refractivity contribution in [1.82, 2.24) is 20.0 Å². The third-order valence-electron chi connectivity index (χ3n) is 4.85. The van der Waals surface area contributed by atoms with Crippen LogP contribution in [0.1, 0.15) is 30.1 Å². The Balaban J connectivity index is 1.50. The second-order valence-electron chi connectivity index (χ2n) is 7.18. The van der Waals surface area contributed by atoms with Gasteiger partial charge in [-0.15, -0.1) is 0 Å². The number of piperidine rings is 1. The van der Waals surface area contributed by atoms with Crippen LogP contribution < -0.4 is 5.32 Å². The summed E-state index contributed by atoms with van der Waals surface area (Å²) in [5.74, 6) is -0.486. The van der Waals surface area contributed by atoms with Gasteiger partial charge in [0, 0.05) is 44.1 Å². The first-order valence-electron chi connectivity index (χ1n) is 9.33. The SMILES string of the molecule is C[C@@H](CNC(=O)[C@H]1CCCN(C(=O)c2ccc(F)cc2)C1)Cn1cccn1. The van der Waals surface area contributed by atoms with Gasteiger partial charge in [-0.3, -0.25) is 14.3 Å². The molecule has 144 valence electrons. The van der Waals surface area contributed by atoms with Crippen LogP contribution in [0.2, 0.25) is 0 Å². The van der Waals surface area contributed by atoms with Crippen molar-refractivity contribution in [3.8, 4) is 0 Å². The molecule has 0 bridgehead atoms. The number of carbonyl (C=O) groups is 2. The van der Waals surface area contributed by atoms with E-state index in [4.69, 9.17) is 0 Å². The summed E-state index contributed by atoms with van der Waals surface area (Å²) in [6, 6.07) is 7.40. The Hall–Kier alpha value is -2.70. The Labute approximate surface area is 158 Å². The minimum atomic E-state index is -0.369. The van der Waals surface area contributed by atoms with Gasteiger partial charge in [0.2, 0.25) is 5.91 Å². The van der Waals surface area contributed by atoms with Crippen LogP contribution in [0.5, 0.6) is 0 Å². The van der Waals surface area contributed by atoms with Crippen LogP contribution in [0.3, 0.4) is 0 Å². The fourth-order valence-electron chi connectivity index (χ4n) is 3.36. The number of hydrogen-bond acceptors (Lipinski definition) is 3. The minimum absolute atomic E-state index is 0.0149. The predicted octanol–water partition coefficient (Wildman–Crippen LogP) is 2.33. The predicted molar refractivity (Wildman–Crippen MR) is 99.4 cm³/mol. The molecule has 0 spiro atoms. The van der Waals surface area contributed by atoms with Gasteiger partial charge in [0.15, 0.2) is 0 Å². The molecule has 27 heavy (non-hydrogen) atoms. The van der Waals surface area contributed by atoms with E-state index in [2.05, 4.69) is 17.3 Å². The Morgan fingerprint density at radius 1 is 1.33 bits per heavy atom. The topological polar surface area (TPSA) is 67.2 Å². The first kappa shape index (κ1) is 19.1. The lowest BCUT2D eigenvalue weighted by Crippen LogP contribution is -2.46. The molecule has 7 heteroatoms. The van der Waals surface area contributed by atoms with Crippen LogP contribution in [-0.2, 0) is 11.3 Å². The maximum absolute atomic E-state index is 13.0. The summed E-state index contributed by atoms with van der Waals surface area (Å²) in [4.78, 5) is 26.8. The lowest BCUT2D eigenvalue weighted by molar-refractivity contribution is -0.126. The van der Waals surface area contributed by atoms with Crippen molar-refractivity contribution >= 4 is 11.8 Å². The molecule has 1 aliphatic heterocycles. The average Bonchev–Trinajstić information content (AvgIpc) is 3.19. The zero-order valence-corrected chi connectivity index (χ0v) is 15.5. The van der Waals surface area contributed by atoms with Gasteiger partial charge in [-0.1, -0.05) is 6.92 Å². The highest BCUT2D eigenvalue weighted by atomic mass is 19.1. The van der Waals surface area contributed by atoms with E-state index >= 15 is 0 Å². The number of nitrogens with one attached hydrogen (secondary N) is 1. The van der Waals surface area contributed by atoms with Gasteiger partial charge >= 0.3 is 0 Å². The molecule has 1 aromatic heterocycles. The summed E-state index contributed by atoms with van der Waals surface area (Å²) in [6.45, 7) is 4.40. The molecule has 0 radical (unpaired) electrons. The first-order chi connectivity index (χ1) is 13.0. The highest BCUT2D eigenvalue weighted by Crippen LogP contribution is 2.19. The lowest BCUT2D eigenvalue weighted by Gasteiger charge is -2.32. The minimum Gasteiger partial charge on any atom is -0.355 e. The smallest absolute Gasteiger partial charge is 0.253 e. The molecule has 0 unspecified atom stereocenters. The highest BCUT2D eigenvalue weighted by Gasteiger charge is 2.29. The Bertz CT molecular complexity index is 761. The lowest BCUT2D eigenvalue weighted by atomic mass is 9.96. The molecule has 0 saturated carbocycles. The first-order valence-corrected chi connectivity index (χ1v) is 9.33. The van der Waals surface area contributed by atoms with Gasteiger partial charge in [0.1, 0.15) is 5.82 Å². The quantitative estimate of drug-likeness (QED) is 0.846. The standard InChI is InChI=1S/C20H25FN4O2/c1-15(13-25-11-3-9-23-25)12-22-19(26)17-4-2-10-24(14-17)20(27)16-5-7-18(21)8-6-16/h3,5-9,11,15,17H,2,4,10,12-14H2,1H3,(H,22,26)/t15-,17-/m0/s1. The fourth-order valence-corrected chi connectivity index (χ4v) is 3.36. The summed E-state index contributed by atoms with van der Waals surface area (Å²) in [6.07, 6.45) is 5.19. The summed E-state index contributed by atoms with van der Waals surface area (Å²) < 4.78 is 14.9. The Morgan fingerprint density at radius 2 is 2.11 bits per heavy atom.